The molecule has 0 aliphatic rings. The molecule has 0 bridgehead atoms. The van der Waals surface area contributed by atoms with Gasteiger partial charge in [0.1, 0.15) is 5.52 Å². The summed E-state index contributed by atoms with van der Waals surface area (Å²) in [6.07, 6.45) is 2.70. The number of pyridine rings is 1. The van der Waals surface area contributed by atoms with Crippen LogP contribution in [0.25, 0.3) is 11.2 Å². The van der Waals surface area contributed by atoms with E-state index >= 15 is 0 Å². The first kappa shape index (κ1) is 11.9. The highest BCUT2D eigenvalue weighted by molar-refractivity contribution is 5.72. The monoisotopic (exact) mass is 235 g/mol. The molecular formula is C12H17N3O2. The van der Waals surface area contributed by atoms with Crippen molar-refractivity contribution in [1.29, 1.82) is 0 Å². The van der Waals surface area contributed by atoms with E-state index in [1.807, 2.05) is 16.7 Å². The quantitative estimate of drug-likeness (QED) is 0.795. The predicted molar refractivity (Wildman–Crippen MR) is 65.3 cm³/mol. The van der Waals surface area contributed by atoms with Crippen LogP contribution >= 0.6 is 0 Å². The van der Waals surface area contributed by atoms with Crippen LogP contribution in [-0.4, -0.2) is 35.4 Å². The smallest absolute Gasteiger partial charge is 0.298 e. The van der Waals surface area contributed by atoms with Crippen LogP contribution < -0.4 is 4.74 Å². The largest absolute Gasteiger partial charge is 0.468 e. The Kier molecular flexibility index (Phi) is 3.58. The van der Waals surface area contributed by atoms with Crippen LogP contribution in [0.2, 0.25) is 0 Å². The molecule has 17 heavy (non-hydrogen) atoms. The third-order valence-electron chi connectivity index (χ3n) is 2.79. The van der Waals surface area contributed by atoms with Crippen molar-refractivity contribution in [3.05, 3.63) is 18.3 Å². The van der Waals surface area contributed by atoms with Crippen molar-refractivity contribution in [2.45, 2.75) is 19.4 Å². The molecule has 2 heterocycles. The van der Waals surface area contributed by atoms with Crippen molar-refractivity contribution < 1.29 is 9.47 Å². The van der Waals surface area contributed by atoms with Crippen LogP contribution in [-0.2, 0) is 4.74 Å². The Bertz CT molecular complexity index is 495. The van der Waals surface area contributed by atoms with Gasteiger partial charge in [-0.15, -0.1) is 0 Å². The van der Waals surface area contributed by atoms with Crippen LogP contribution in [0.4, 0.5) is 0 Å². The van der Waals surface area contributed by atoms with Crippen molar-refractivity contribution in [2.75, 3.05) is 20.8 Å². The number of ether oxygens (including phenoxy) is 2. The van der Waals surface area contributed by atoms with Gasteiger partial charge < -0.3 is 9.47 Å². The summed E-state index contributed by atoms with van der Waals surface area (Å²) in [6, 6.07) is 4.58. The highest BCUT2D eigenvalue weighted by atomic mass is 16.5. The standard InChI is InChI=1S/C12H17N3O2/c1-4-9(8-16-2)15-11-10(6-5-7-13-11)14-12(15)17-3/h5-7,9H,4,8H2,1-3H3. The van der Waals surface area contributed by atoms with Gasteiger partial charge in [-0.3, -0.25) is 4.57 Å². The van der Waals surface area contributed by atoms with Crippen LogP contribution in [0.5, 0.6) is 6.01 Å². The minimum Gasteiger partial charge on any atom is -0.468 e. The molecule has 0 aliphatic heterocycles. The van der Waals surface area contributed by atoms with E-state index in [0.29, 0.717) is 12.6 Å². The molecule has 2 rings (SSSR count). The predicted octanol–water partition coefficient (Wildman–Crippen LogP) is 2.04. The highest BCUT2D eigenvalue weighted by Gasteiger charge is 2.19. The number of hydrogen-bond donors (Lipinski definition) is 0. The van der Waals surface area contributed by atoms with E-state index in [9.17, 15) is 0 Å². The maximum Gasteiger partial charge on any atom is 0.298 e. The van der Waals surface area contributed by atoms with E-state index in [1.165, 1.54) is 0 Å². The minimum absolute atomic E-state index is 0.190. The Morgan fingerprint density at radius 2 is 2.24 bits per heavy atom. The lowest BCUT2D eigenvalue weighted by molar-refractivity contribution is 0.149. The maximum absolute atomic E-state index is 5.32. The number of nitrogens with zero attached hydrogens (tertiary/aromatic N) is 3. The molecule has 1 unspecified atom stereocenters. The molecule has 2 aromatic heterocycles. The van der Waals surface area contributed by atoms with Gasteiger partial charge in [0, 0.05) is 13.3 Å². The molecule has 92 valence electrons. The van der Waals surface area contributed by atoms with E-state index in [1.54, 1.807) is 20.4 Å². The normalized spacial score (nSPS) is 12.9. The van der Waals surface area contributed by atoms with Crippen molar-refractivity contribution >= 4 is 11.2 Å². The van der Waals surface area contributed by atoms with Crippen molar-refractivity contribution in [2.24, 2.45) is 0 Å². The van der Waals surface area contributed by atoms with Gasteiger partial charge in [-0.25, -0.2) is 4.98 Å². The molecule has 0 radical (unpaired) electrons. The van der Waals surface area contributed by atoms with Crippen LogP contribution in [0, 0.1) is 0 Å². The van der Waals surface area contributed by atoms with Crippen molar-refractivity contribution in [3.63, 3.8) is 0 Å². The molecule has 5 nitrogen and oxygen atoms in total. The summed E-state index contributed by atoms with van der Waals surface area (Å²) in [5, 5.41) is 0. The lowest BCUT2D eigenvalue weighted by Gasteiger charge is -2.17. The molecule has 0 aliphatic carbocycles. The topological polar surface area (TPSA) is 49.2 Å². The Labute approximate surface area is 100 Å². The van der Waals surface area contributed by atoms with Crippen LogP contribution in [0.1, 0.15) is 19.4 Å². The van der Waals surface area contributed by atoms with Crippen molar-refractivity contribution in [1.82, 2.24) is 14.5 Å². The molecule has 1 atom stereocenters. The molecule has 0 N–H and O–H groups in total. The average Bonchev–Trinajstić information content (AvgIpc) is 2.74. The molecule has 2 aromatic rings. The summed E-state index contributed by atoms with van der Waals surface area (Å²) in [5.41, 5.74) is 1.69. The number of methoxy groups -OCH3 is 2. The fraction of sp³-hybridized carbons (Fsp3) is 0.500. The zero-order chi connectivity index (χ0) is 12.3. The second-order valence-electron chi connectivity index (χ2n) is 3.83. The third-order valence-corrected chi connectivity index (χ3v) is 2.79. The number of rotatable bonds is 5. The van der Waals surface area contributed by atoms with Crippen LogP contribution in [0.15, 0.2) is 18.3 Å². The number of hydrogen-bond acceptors (Lipinski definition) is 4. The lowest BCUT2D eigenvalue weighted by atomic mass is 10.2. The van der Waals surface area contributed by atoms with Gasteiger partial charge >= 0.3 is 0 Å². The maximum atomic E-state index is 5.32. The summed E-state index contributed by atoms with van der Waals surface area (Å²) in [5.74, 6) is 0. The van der Waals surface area contributed by atoms with Gasteiger partial charge in [-0.2, -0.15) is 4.98 Å². The highest BCUT2D eigenvalue weighted by Crippen LogP contribution is 2.26. The number of aromatic nitrogens is 3. The Balaban J connectivity index is 2.55. The molecule has 0 amide bonds. The lowest BCUT2D eigenvalue weighted by Crippen LogP contribution is -2.15. The fourth-order valence-electron chi connectivity index (χ4n) is 1.95. The van der Waals surface area contributed by atoms with E-state index in [0.717, 1.165) is 17.6 Å². The van der Waals surface area contributed by atoms with Crippen molar-refractivity contribution in [3.8, 4) is 6.01 Å². The van der Waals surface area contributed by atoms with Crippen LogP contribution in [0.3, 0.4) is 0 Å². The van der Waals surface area contributed by atoms with E-state index < -0.39 is 0 Å². The van der Waals surface area contributed by atoms with Gasteiger partial charge in [0.05, 0.1) is 19.8 Å². The molecule has 0 saturated carbocycles. The van der Waals surface area contributed by atoms with Gasteiger partial charge in [0.2, 0.25) is 0 Å². The zero-order valence-corrected chi connectivity index (χ0v) is 10.4. The SMILES string of the molecule is CCC(COC)n1c(OC)nc2cccnc21. The molecular weight excluding hydrogens is 218 g/mol. The Morgan fingerprint density at radius 1 is 1.41 bits per heavy atom. The molecule has 5 heteroatoms. The average molecular weight is 235 g/mol. The van der Waals surface area contributed by atoms with Gasteiger partial charge in [0.25, 0.3) is 6.01 Å². The second kappa shape index (κ2) is 5.14. The third kappa shape index (κ3) is 2.10. The van der Waals surface area contributed by atoms with E-state index in [-0.39, 0.29) is 6.04 Å². The summed E-state index contributed by atoms with van der Waals surface area (Å²) >= 11 is 0. The second-order valence-corrected chi connectivity index (χ2v) is 3.83. The summed E-state index contributed by atoms with van der Waals surface area (Å²) < 4.78 is 12.5. The van der Waals surface area contributed by atoms with E-state index in [2.05, 4.69) is 16.9 Å². The first-order valence-electron chi connectivity index (χ1n) is 5.67. The zero-order valence-electron chi connectivity index (χ0n) is 10.4. The minimum atomic E-state index is 0.190. The number of imidazole rings is 1. The van der Waals surface area contributed by atoms with Gasteiger partial charge in [0.15, 0.2) is 5.65 Å². The van der Waals surface area contributed by atoms with Gasteiger partial charge in [-0.1, -0.05) is 6.92 Å². The summed E-state index contributed by atoms with van der Waals surface area (Å²) in [6.45, 7) is 2.73. The first-order chi connectivity index (χ1) is 8.31. The fourth-order valence-corrected chi connectivity index (χ4v) is 1.95. The summed E-state index contributed by atoms with van der Waals surface area (Å²) in [7, 11) is 3.32. The molecule has 0 fully saturated rings. The summed E-state index contributed by atoms with van der Waals surface area (Å²) in [4.78, 5) is 8.77. The van der Waals surface area contributed by atoms with Gasteiger partial charge in [-0.05, 0) is 18.6 Å². The molecule has 0 saturated heterocycles. The van der Waals surface area contributed by atoms with E-state index in [4.69, 9.17) is 9.47 Å². The molecule has 0 spiro atoms. The Hall–Kier alpha value is -1.62. The molecule has 0 aromatic carbocycles. The first-order valence-corrected chi connectivity index (χ1v) is 5.67. The Morgan fingerprint density at radius 3 is 2.88 bits per heavy atom. The number of fused-ring (bicyclic) bond motifs is 1.